The van der Waals surface area contributed by atoms with E-state index in [9.17, 15) is 9.18 Å². The molecule has 0 aliphatic carbocycles. The van der Waals surface area contributed by atoms with Gasteiger partial charge in [0.05, 0.1) is 5.75 Å². The number of hydrogen-bond donors (Lipinski definition) is 1. The topological polar surface area (TPSA) is 29.1 Å². The molecule has 0 saturated carbocycles. The van der Waals surface area contributed by atoms with Gasteiger partial charge in [-0.25, -0.2) is 4.39 Å². The molecule has 0 aromatic heterocycles. The van der Waals surface area contributed by atoms with Crippen molar-refractivity contribution in [3.63, 3.8) is 0 Å². The van der Waals surface area contributed by atoms with E-state index < -0.39 is 0 Å². The van der Waals surface area contributed by atoms with Crippen LogP contribution in [0.2, 0.25) is 5.02 Å². The SMILES string of the molecule is C[C@@H](CC(C)(C)c1ccccc1)NC(=O)CSCc1ccc(Cl)cc1F. The molecule has 2 aromatic carbocycles. The van der Waals surface area contributed by atoms with E-state index in [2.05, 4.69) is 31.3 Å². The summed E-state index contributed by atoms with van der Waals surface area (Å²) in [7, 11) is 0. The number of hydrogen-bond acceptors (Lipinski definition) is 2. The van der Waals surface area contributed by atoms with Gasteiger partial charge in [0.2, 0.25) is 5.91 Å². The van der Waals surface area contributed by atoms with Crippen molar-refractivity contribution in [1.82, 2.24) is 5.32 Å². The van der Waals surface area contributed by atoms with Crippen LogP contribution in [0, 0.1) is 5.82 Å². The lowest BCUT2D eigenvalue weighted by Gasteiger charge is -2.29. The Morgan fingerprint density at radius 2 is 1.92 bits per heavy atom. The number of nitrogens with one attached hydrogen (secondary N) is 1. The highest BCUT2D eigenvalue weighted by molar-refractivity contribution is 7.99. The van der Waals surface area contributed by atoms with Gasteiger partial charge in [0.15, 0.2) is 0 Å². The molecule has 0 aliphatic rings. The lowest BCUT2D eigenvalue weighted by atomic mass is 9.79. The van der Waals surface area contributed by atoms with E-state index in [1.165, 1.54) is 23.4 Å². The average molecular weight is 394 g/mol. The van der Waals surface area contributed by atoms with Crippen LogP contribution >= 0.6 is 23.4 Å². The molecule has 1 amide bonds. The Morgan fingerprint density at radius 3 is 2.58 bits per heavy atom. The first-order valence-corrected chi connectivity index (χ1v) is 10.2. The molecule has 26 heavy (non-hydrogen) atoms. The molecule has 0 fully saturated rings. The number of carbonyl (C=O) groups is 1. The van der Waals surface area contributed by atoms with Crippen LogP contribution in [0.5, 0.6) is 0 Å². The van der Waals surface area contributed by atoms with Crippen LogP contribution in [-0.4, -0.2) is 17.7 Å². The smallest absolute Gasteiger partial charge is 0.230 e. The molecule has 0 spiro atoms. The van der Waals surface area contributed by atoms with Crippen LogP contribution < -0.4 is 5.32 Å². The fourth-order valence-corrected chi connectivity index (χ4v) is 4.02. The third-order valence-electron chi connectivity index (χ3n) is 4.28. The molecule has 1 atom stereocenters. The number of rotatable bonds is 8. The van der Waals surface area contributed by atoms with Gasteiger partial charge >= 0.3 is 0 Å². The highest BCUT2D eigenvalue weighted by Gasteiger charge is 2.23. The van der Waals surface area contributed by atoms with E-state index in [-0.39, 0.29) is 23.2 Å². The molecular formula is C21H25ClFNOS. The van der Waals surface area contributed by atoms with Crippen LogP contribution in [0.15, 0.2) is 48.5 Å². The van der Waals surface area contributed by atoms with Gasteiger partial charge in [-0.2, -0.15) is 0 Å². The van der Waals surface area contributed by atoms with Crippen LogP contribution in [0.4, 0.5) is 4.39 Å². The van der Waals surface area contributed by atoms with E-state index in [0.29, 0.717) is 22.1 Å². The summed E-state index contributed by atoms with van der Waals surface area (Å²) in [4.78, 5) is 12.2. The minimum Gasteiger partial charge on any atom is -0.353 e. The zero-order valence-corrected chi connectivity index (χ0v) is 17.0. The Balaban J connectivity index is 1.78. The van der Waals surface area contributed by atoms with Crippen molar-refractivity contribution in [3.8, 4) is 0 Å². The molecule has 2 nitrogen and oxygen atoms in total. The van der Waals surface area contributed by atoms with Crippen LogP contribution in [0.1, 0.15) is 38.3 Å². The molecular weight excluding hydrogens is 369 g/mol. The van der Waals surface area contributed by atoms with Crippen molar-refractivity contribution >= 4 is 29.3 Å². The standard InChI is InChI=1S/C21H25ClFNOS/c1-15(12-21(2,3)17-7-5-4-6-8-17)24-20(25)14-26-13-16-9-10-18(22)11-19(16)23/h4-11,15H,12-14H2,1-3H3,(H,24,25)/t15-/m0/s1. The second kappa shape index (κ2) is 9.43. The molecule has 2 rings (SSSR count). The van der Waals surface area contributed by atoms with Gasteiger partial charge in [-0.05, 0) is 42.0 Å². The van der Waals surface area contributed by atoms with Crippen LogP contribution in [0.3, 0.4) is 0 Å². The van der Waals surface area contributed by atoms with Crippen LogP contribution in [0.25, 0.3) is 0 Å². The van der Waals surface area contributed by atoms with Gasteiger partial charge in [0.1, 0.15) is 5.82 Å². The van der Waals surface area contributed by atoms with Crippen molar-refractivity contribution < 1.29 is 9.18 Å². The van der Waals surface area contributed by atoms with E-state index in [1.54, 1.807) is 12.1 Å². The summed E-state index contributed by atoms with van der Waals surface area (Å²) in [5.74, 6) is 0.391. The monoisotopic (exact) mass is 393 g/mol. The lowest BCUT2D eigenvalue weighted by molar-refractivity contribution is -0.119. The number of benzene rings is 2. The second-order valence-corrected chi connectivity index (χ2v) is 8.57. The highest BCUT2D eigenvalue weighted by Crippen LogP contribution is 2.28. The van der Waals surface area contributed by atoms with Gasteiger partial charge < -0.3 is 5.32 Å². The van der Waals surface area contributed by atoms with Crippen LogP contribution in [-0.2, 0) is 16.0 Å². The second-order valence-electron chi connectivity index (χ2n) is 7.15. The maximum Gasteiger partial charge on any atom is 0.230 e. The summed E-state index contributed by atoms with van der Waals surface area (Å²) in [6.45, 7) is 6.39. The summed E-state index contributed by atoms with van der Waals surface area (Å²) >= 11 is 7.14. The van der Waals surface area contributed by atoms with Crippen molar-refractivity contribution in [2.75, 3.05) is 5.75 Å². The lowest BCUT2D eigenvalue weighted by Crippen LogP contribution is -2.38. The highest BCUT2D eigenvalue weighted by atomic mass is 35.5. The van der Waals surface area contributed by atoms with Gasteiger partial charge in [-0.1, -0.05) is 61.8 Å². The predicted octanol–water partition coefficient (Wildman–Crippen LogP) is 5.58. The number of carbonyl (C=O) groups excluding carboxylic acids is 1. The molecule has 0 heterocycles. The summed E-state index contributed by atoms with van der Waals surface area (Å²) in [6.07, 6.45) is 0.846. The Bertz CT molecular complexity index is 736. The van der Waals surface area contributed by atoms with E-state index in [4.69, 9.17) is 11.6 Å². The van der Waals surface area contributed by atoms with E-state index >= 15 is 0 Å². The number of amides is 1. The minimum absolute atomic E-state index is 0.0203. The third-order valence-corrected chi connectivity index (χ3v) is 5.50. The van der Waals surface area contributed by atoms with Crippen molar-refractivity contribution in [2.24, 2.45) is 0 Å². The Kier molecular flexibility index (Phi) is 7.54. The average Bonchev–Trinajstić information content (AvgIpc) is 2.57. The summed E-state index contributed by atoms with van der Waals surface area (Å²) in [6, 6.07) is 15.0. The summed E-state index contributed by atoms with van der Waals surface area (Å²) in [5.41, 5.74) is 1.80. The summed E-state index contributed by atoms with van der Waals surface area (Å²) < 4.78 is 13.7. The molecule has 5 heteroatoms. The molecule has 0 bridgehead atoms. The van der Waals surface area contributed by atoms with Crippen molar-refractivity contribution in [1.29, 1.82) is 0 Å². The van der Waals surface area contributed by atoms with Crippen molar-refractivity contribution in [2.45, 2.75) is 44.4 Å². The molecule has 140 valence electrons. The Hall–Kier alpha value is -1.52. The molecule has 0 saturated heterocycles. The third kappa shape index (κ3) is 6.33. The van der Waals surface area contributed by atoms with E-state index in [0.717, 1.165) is 6.42 Å². The largest absolute Gasteiger partial charge is 0.353 e. The molecule has 0 aliphatic heterocycles. The Labute approximate surface area is 164 Å². The maximum absolute atomic E-state index is 13.7. The zero-order chi connectivity index (χ0) is 19.2. The zero-order valence-electron chi connectivity index (χ0n) is 15.4. The first-order chi connectivity index (χ1) is 12.3. The van der Waals surface area contributed by atoms with Crippen molar-refractivity contribution in [3.05, 3.63) is 70.5 Å². The molecule has 0 unspecified atom stereocenters. The van der Waals surface area contributed by atoms with Gasteiger partial charge in [0.25, 0.3) is 0 Å². The summed E-state index contributed by atoms with van der Waals surface area (Å²) in [5, 5.41) is 3.42. The quantitative estimate of drug-likeness (QED) is 0.633. The molecule has 2 aromatic rings. The molecule has 0 radical (unpaired) electrons. The normalized spacial score (nSPS) is 12.7. The number of halogens is 2. The predicted molar refractivity (Wildman–Crippen MR) is 109 cm³/mol. The van der Waals surface area contributed by atoms with E-state index in [1.807, 2.05) is 25.1 Å². The maximum atomic E-state index is 13.7. The molecule has 1 N–H and O–H groups in total. The Morgan fingerprint density at radius 1 is 1.23 bits per heavy atom. The minimum atomic E-state index is -0.330. The number of thioether (sulfide) groups is 1. The first-order valence-electron chi connectivity index (χ1n) is 8.64. The van der Waals surface area contributed by atoms with Gasteiger partial charge in [-0.3, -0.25) is 4.79 Å². The van der Waals surface area contributed by atoms with Gasteiger partial charge in [-0.15, -0.1) is 11.8 Å². The fraction of sp³-hybridized carbons (Fsp3) is 0.381. The first kappa shape index (κ1) is 20.8. The fourth-order valence-electron chi connectivity index (χ4n) is 3.03. The van der Waals surface area contributed by atoms with Gasteiger partial charge in [0, 0.05) is 16.8 Å².